The van der Waals surface area contributed by atoms with E-state index in [-0.39, 0.29) is 30.2 Å². The zero-order valence-corrected chi connectivity index (χ0v) is 13.6. The molecule has 1 fully saturated rings. The van der Waals surface area contributed by atoms with E-state index < -0.39 is 0 Å². The van der Waals surface area contributed by atoms with E-state index in [1.807, 2.05) is 24.3 Å². The van der Waals surface area contributed by atoms with E-state index in [9.17, 15) is 9.59 Å². The van der Waals surface area contributed by atoms with Crippen molar-refractivity contribution in [3.8, 4) is 11.5 Å². The standard InChI is InChI=1S/C18H15ClN2O3/c19-12-5-3-4-11(8-12)16-20-13(10-24-16)9-21-17(22)14-6-1-2-7-15(14)18(21)23/h1-5,8,10,14-15H,6-7,9H2/t14-,15+. The highest BCUT2D eigenvalue weighted by Gasteiger charge is 2.47. The maximum atomic E-state index is 12.5. The highest BCUT2D eigenvalue weighted by molar-refractivity contribution is 6.30. The number of rotatable bonds is 3. The second-order valence-corrected chi connectivity index (χ2v) is 6.51. The van der Waals surface area contributed by atoms with Crippen molar-refractivity contribution in [1.29, 1.82) is 0 Å². The lowest BCUT2D eigenvalue weighted by molar-refractivity contribution is -0.140. The molecule has 4 rings (SSSR count). The van der Waals surface area contributed by atoms with Crippen LogP contribution >= 0.6 is 11.6 Å². The molecule has 0 N–H and O–H groups in total. The topological polar surface area (TPSA) is 63.4 Å². The van der Waals surface area contributed by atoms with Crippen molar-refractivity contribution >= 4 is 23.4 Å². The maximum absolute atomic E-state index is 12.5. The summed E-state index contributed by atoms with van der Waals surface area (Å²) in [5, 5.41) is 0.591. The second kappa shape index (κ2) is 5.91. The third-order valence-electron chi connectivity index (χ3n) is 4.54. The first-order valence-electron chi connectivity index (χ1n) is 7.84. The molecule has 1 aromatic carbocycles. The molecular formula is C18H15ClN2O3. The Hall–Kier alpha value is -2.40. The number of carbonyl (C=O) groups excluding carboxylic acids is 2. The first-order valence-corrected chi connectivity index (χ1v) is 8.22. The summed E-state index contributed by atoms with van der Waals surface area (Å²) in [5.74, 6) is -0.238. The van der Waals surface area contributed by atoms with Crippen molar-refractivity contribution in [1.82, 2.24) is 9.88 Å². The van der Waals surface area contributed by atoms with E-state index in [4.69, 9.17) is 16.0 Å². The van der Waals surface area contributed by atoms with Gasteiger partial charge in [-0.3, -0.25) is 14.5 Å². The summed E-state index contributed by atoms with van der Waals surface area (Å²) in [5.41, 5.74) is 1.31. The lowest BCUT2D eigenvalue weighted by Crippen LogP contribution is -2.30. The minimum Gasteiger partial charge on any atom is -0.444 e. The second-order valence-electron chi connectivity index (χ2n) is 6.07. The molecule has 2 amide bonds. The van der Waals surface area contributed by atoms with Crippen molar-refractivity contribution in [2.24, 2.45) is 11.8 Å². The average Bonchev–Trinajstić information content (AvgIpc) is 3.15. The number of imide groups is 1. The third-order valence-corrected chi connectivity index (χ3v) is 4.78. The SMILES string of the molecule is O=C1[C@H]2CC=CC[C@H]2C(=O)N1Cc1coc(-c2cccc(Cl)c2)n1. The number of carbonyl (C=O) groups is 2. The fraction of sp³-hybridized carbons (Fsp3) is 0.278. The van der Waals surface area contributed by atoms with E-state index in [2.05, 4.69) is 4.98 Å². The van der Waals surface area contributed by atoms with Crippen molar-refractivity contribution in [2.45, 2.75) is 19.4 Å². The highest BCUT2D eigenvalue weighted by Crippen LogP contribution is 2.35. The van der Waals surface area contributed by atoms with Gasteiger partial charge in [-0.15, -0.1) is 0 Å². The van der Waals surface area contributed by atoms with Crippen molar-refractivity contribution in [3.05, 3.63) is 53.4 Å². The lowest BCUT2D eigenvalue weighted by atomic mass is 9.85. The molecule has 2 aliphatic rings. The van der Waals surface area contributed by atoms with Gasteiger partial charge < -0.3 is 4.42 Å². The summed E-state index contributed by atoms with van der Waals surface area (Å²) < 4.78 is 5.47. The Labute approximate surface area is 143 Å². The van der Waals surface area contributed by atoms with Crippen LogP contribution in [0.15, 0.2) is 47.1 Å². The molecule has 122 valence electrons. The predicted molar refractivity (Wildman–Crippen MR) is 87.9 cm³/mol. The van der Waals surface area contributed by atoms with Crippen LogP contribution < -0.4 is 0 Å². The zero-order valence-electron chi connectivity index (χ0n) is 12.8. The molecule has 1 aliphatic carbocycles. The summed E-state index contributed by atoms with van der Waals surface area (Å²) in [6.45, 7) is 0.148. The molecule has 1 saturated heterocycles. The fourth-order valence-electron chi connectivity index (χ4n) is 3.32. The molecule has 2 atom stereocenters. The van der Waals surface area contributed by atoms with E-state index >= 15 is 0 Å². The van der Waals surface area contributed by atoms with Gasteiger partial charge in [-0.05, 0) is 31.0 Å². The number of allylic oxidation sites excluding steroid dienone is 2. The molecular weight excluding hydrogens is 328 g/mol. The number of halogens is 1. The highest BCUT2D eigenvalue weighted by atomic mass is 35.5. The number of nitrogens with zero attached hydrogens (tertiary/aromatic N) is 2. The smallest absolute Gasteiger partial charge is 0.233 e. The number of hydrogen-bond acceptors (Lipinski definition) is 4. The molecule has 5 nitrogen and oxygen atoms in total. The number of hydrogen-bond donors (Lipinski definition) is 0. The first kappa shape index (κ1) is 15.1. The van der Waals surface area contributed by atoms with Crippen molar-refractivity contribution in [2.75, 3.05) is 0 Å². The van der Waals surface area contributed by atoms with Gasteiger partial charge in [-0.1, -0.05) is 29.8 Å². The Morgan fingerprint density at radius 2 is 1.88 bits per heavy atom. The van der Waals surface area contributed by atoms with Crippen LogP contribution in [-0.2, 0) is 16.1 Å². The minimum absolute atomic E-state index is 0.110. The van der Waals surface area contributed by atoms with Gasteiger partial charge in [-0.25, -0.2) is 4.98 Å². The fourth-order valence-corrected chi connectivity index (χ4v) is 3.51. The van der Waals surface area contributed by atoms with Gasteiger partial charge in [0.25, 0.3) is 0 Å². The van der Waals surface area contributed by atoms with Gasteiger partial charge in [-0.2, -0.15) is 0 Å². The van der Waals surface area contributed by atoms with E-state index in [0.29, 0.717) is 29.4 Å². The molecule has 6 heteroatoms. The minimum atomic E-state index is -0.221. The molecule has 0 bridgehead atoms. The number of fused-ring (bicyclic) bond motifs is 1. The summed E-state index contributed by atoms with van der Waals surface area (Å²) in [6, 6.07) is 7.18. The molecule has 0 radical (unpaired) electrons. The van der Waals surface area contributed by atoms with Gasteiger partial charge in [0.1, 0.15) is 6.26 Å². The Morgan fingerprint density at radius 3 is 2.54 bits per heavy atom. The van der Waals surface area contributed by atoms with Crippen LogP contribution in [0.2, 0.25) is 5.02 Å². The quantitative estimate of drug-likeness (QED) is 0.633. The number of amides is 2. The normalized spacial score (nSPS) is 23.0. The van der Waals surface area contributed by atoms with Crippen LogP contribution in [0.4, 0.5) is 0 Å². The lowest BCUT2D eigenvalue weighted by Gasteiger charge is -2.14. The summed E-state index contributed by atoms with van der Waals surface area (Å²) in [4.78, 5) is 30.6. The van der Waals surface area contributed by atoms with Crippen LogP contribution in [0.5, 0.6) is 0 Å². The maximum Gasteiger partial charge on any atom is 0.233 e. The van der Waals surface area contributed by atoms with Gasteiger partial charge >= 0.3 is 0 Å². The number of aromatic nitrogens is 1. The first-order chi connectivity index (χ1) is 11.6. The predicted octanol–water partition coefficient (Wildman–Crippen LogP) is 3.45. The monoisotopic (exact) mass is 342 g/mol. The molecule has 2 heterocycles. The molecule has 0 spiro atoms. The number of oxazole rings is 1. The molecule has 1 aliphatic heterocycles. The van der Waals surface area contributed by atoms with Crippen LogP contribution in [0, 0.1) is 11.8 Å². The number of benzene rings is 1. The van der Waals surface area contributed by atoms with Gasteiger partial charge in [0.2, 0.25) is 17.7 Å². The third kappa shape index (κ3) is 2.55. The van der Waals surface area contributed by atoms with E-state index in [1.165, 1.54) is 11.2 Å². The molecule has 1 aromatic heterocycles. The number of likely N-dealkylation sites (tertiary alicyclic amines) is 1. The molecule has 24 heavy (non-hydrogen) atoms. The summed E-state index contributed by atoms with van der Waals surface area (Å²) >= 11 is 5.97. The van der Waals surface area contributed by atoms with E-state index in [1.54, 1.807) is 12.1 Å². The van der Waals surface area contributed by atoms with Crippen molar-refractivity contribution in [3.63, 3.8) is 0 Å². The average molecular weight is 343 g/mol. The Kier molecular flexibility index (Phi) is 3.73. The van der Waals surface area contributed by atoms with E-state index in [0.717, 1.165) is 5.56 Å². The van der Waals surface area contributed by atoms with Crippen LogP contribution in [0.25, 0.3) is 11.5 Å². The molecule has 2 aromatic rings. The van der Waals surface area contributed by atoms with Crippen LogP contribution in [-0.4, -0.2) is 21.7 Å². The molecule has 0 unspecified atom stereocenters. The molecule has 0 saturated carbocycles. The Bertz CT molecular complexity index is 816. The Balaban J connectivity index is 1.54. The van der Waals surface area contributed by atoms with Crippen LogP contribution in [0.3, 0.4) is 0 Å². The summed E-state index contributed by atoms with van der Waals surface area (Å²) in [7, 11) is 0. The zero-order chi connectivity index (χ0) is 16.7. The van der Waals surface area contributed by atoms with Gasteiger partial charge in [0.05, 0.1) is 24.1 Å². The Morgan fingerprint density at radius 1 is 1.17 bits per heavy atom. The van der Waals surface area contributed by atoms with Crippen LogP contribution in [0.1, 0.15) is 18.5 Å². The van der Waals surface area contributed by atoms with Gasteiger partial charge in [0, 0.05) is 10.6 Å². The van der Waals surface area contributed by atoms with Gasteiger partial charge in [0.15, 0.2) is 0 Å². The summed E-state index contributed by atoms with van der Waals surface area (Å²) in [6.07, 6.45) is 6.71. The van der Waals surface area contributed by atoms with Crippen molar-refractivity contribution < 1.29 is 14.0 Å². The largest absolute Gasteiger partial charge is 0.444 e.